The van der Waals surface area contributed by atoms with Crippen LogP contribution in [0.2, 0.25) is 5.02 Å². The number of pyridine rings is 1. The Labute approximate surface area is 181 Å². The molecule has 0 bridgehead atoms. The van der Waals surface area contributed by atoms with Crippen molar-refractivity contribution in [2.75, 3.05) is 0 Å². The van der Waals surface area contributed by atoms with Gasteiger partial charge in [0.25, 0.3) is 5.91 Å². The molecular weight excluding hydrogens is 422 g/mol. The Hall–Kier alpha value is -2.74. The molecule has 0 saturated carbocycles. The summed E-state index contributed by atoms with van der Waals surface area (Å²) < 4.78 is 27.5. The highest BCUT2D eigenvalue weighted by Gasteiger charge is 2.23. The zero-order chi connectivity index (χ0) is 21.7. The van der Waals surface area contributed by atoms with Crippen molar-refractivity contribution in [1.82, 2.24) is 15.0 Å². The number of hydrogen-bond donors (Lipinski definition) is 2. The fraction of sp³-hybridized carbons (Fsp3) is 0.182. The first kappa shape index (κ1) is 22.0. The largest absolute Gasteiger partial charge is 0.339 e. The second kappa shape index (κ2) is 9.38. The monoisotopic (exact) mass is 443 g/mol. The van der Waals surface area contributed by atoms with E-state index in [2.05, 4.69) is 15.0 Å². The molecule has 3 rings (SSSR count). The zero-order valence-corrected chi connectivity index (χ0v) is 18.1. The minimum atomic E-state index is -3.77. The normalized spacial score (nSPS) is 12.5. The van der Waals surface area contributed by atoms with Crippen molar-refractivity contribution >= 4 is 27.5 Å². The van der Waals surface area contributed by atoms with Crippen LogP contribution in [0, 0.1) is 0 Å². The van der Waals surface area contributed by atoms with Crippen LogP contribution < -0.4 is 10.0 Å². The number of hydrogen-bond acceptors (Lipinski definition) is 4. The Balaban J connectivity index is 1.96. The molecule has 0 spiro atoms. The van der Waals surface area contributed by atoms with Crippen LogP contribution in [-0.4, -0.2) is 25.4 Å². The Bertz CT molecular complexity index is 1080. The predicted molar refractivity (Wildman–Crippen MR) is 117 cm³/mol. The quantitative estimate of drug-likeness (QED) is 0.578. The van der Waals surface area contributed by atoms with Gasteiger partial charge in [-0.05, 0) is 49.7 Å². The van der Waals surface area contributed by atoms with Gasteiger partial charge in [0.1, 0.15) is 0 Å². The van der Waals surface area contributed by atoms with E-state index in [4.69, 9.17) is 11.6 Å². The van der Waals surface area contributed by atoms with Gasteiger partial charge < -0.3 is 5.32 Å². The summed E-state index contributed by atoms with van der Waals surface area (Å²) in [7, 11) is -3.77. The molecule has 0 radical (unpaired) electrons. The molecule has 0 saturated heterocycles. The van der Waals surface area contributed by atoms with Crippen molar-refractivity contribution in [3.8, 4) is 0 Å². The highest BCUT2D eigenvalue weighted by Crippen LogP contribution is 2.24. The van der Waals surface area contributed by atoms with Gasteiger partial charge in [-0.15, -0.1) is 0 Å². The van der Waals surface area contributed by atoms with E-state index in [1.54, 1.807) is 26.1 Å². The lowest BCUT2D eigenvalue weighted by molar-refractivity contribution is 0.0942. The van der Waals surface area contributed by atoms with E-state index in [0.29, 0.717) is 5.69 Å². The van der Waals surface area contributed by atoms with Crippen LogP contribution in [-0.2, 0) is 10.0 Å². The number of benzene rings is 2. The summed E-state index contributed by atoms with van der Waals surface area (Å²) in [6, 6.07) is 18.1. The molecule has 6 nitrogen and oxygen atoms in total. The molecule has 8 heteroatoms. The van der Waals surface area contributed by atoms with E-state index in [-0.39, 0.29) is 21.5 Å². The van der Waals surface area contributed by atoms with Crippen molar-refractivity contribution in [1.29, 1.82) is 0 Å². The van der Waals surface area contributed by atoms with Gasteiger partial charge in [0.2, 0.25) is 10.0 Å². The van der Waals surface area contributed by atoms with Crippen LogP contribution >= 0.6 is 11.6 Å². The molecule has 1 unspecified atom stereocenters. The van der Waals surface area contributed by atoms with Gasteiger partial charge in [0.05, 0.1) is 27.2 Å². The molecule has 3 aromatic rings. The van der Waals surface area contributed by atoms with E-state index in [1.165, 1.54) is 18.2 Å². The summed E-state index contributed by atoms with van der Waals surface area (Å²) in [4.78, 5) is 17.4. The Kier molecular flexibility index (Phi) is 6.87. The van der Waals surface area contributed by atoms with E-state index < -0.39 is 22.0 Å². The Morgan fingerprint density at radius 3 is 2.33 bits per heavy atom. The molecule has 1 atom stereocenters. The molecule has 0 aliphatic carbocycles. The van der Waals surface area contributed by atoms with Crippen LogP contribution in [0.15, 0.2) is 77.8 Å². The van der Waals surface area contributed by atoms with Gasteiger partial charge in [0, 0.05) is 12.2 Å². The number of sulfonamides is 1. The number of carbonyl (C=O) groups is 1. The maximum atomic E-state index is 13.1. The molecular formula is C22H22ClN3O3S. The van der Waals surface area contributed by atoms with Crippen molar-refractivity contribution in [3.63, 3.8) is 0 Å². The number of rotatable bonds is 7. The van der Waals surface area contributed by atoms with Crippen molar-refractivity contribution < 1.29 is 13.2 Å². The molecule has 1 heterocycles. The molecule has 30 heavy (non-hydrogen) atoms. The first-order chi connectivity index (χ1) is 14.3. The van der Waals surface area contributed by atoms with Crippen molar-refractivity contribution in [2.24, 2.45) is 0 Å². The maximum absolute atomic E-state index is 13.1. The smallest absolute Gasteiger partial charge is 0.253 e. The third-order valence-corrected chi connectivity index (χ3v) is 6.26. The molecule has 1 aromatic heterocycles. The van der Waals surface area contributed by atoms with Crippen LogP contribution in [0.1, 0.15) is 41.5 Å². The number of nitrogens with zero attached hydrogens (tertiary/aromatic N) is 1. The standard InChI is InChI=1S/C22H22ClN3O3S/c1-15(2)26-30(28,29)17-11-12-19(23)18(14-17)22(27)25-21(16-8-4-3-5-9-16)20-10-6-7-13-24-20/h3-15,21,26H,1-2H3,(H,25,27). The molecule has 0 aliphatic rings. The second-order valence-corrected chi connectivity index (χ2v) is 9.11. The fourth-order valence-electron chi connectivity index (χ4n) is 2.95. The summed E-state index contributed by atoms with van der Waals surface area (Å²) in [5.41, 5.74) is 1.56. The topological polar surface area (TPSA) is 88.2 Å². The van der Waals surface area contributed by atoms with E-state index >= 15 is 0 Å². The molecule has 2 N–H and O–H groups in total. The summed E-state index contributed by atoms with van der Waals surface area (Å²) >= 11 is 6.23. The molecule has 1 amide bonds. The first-order valence-corrected chi connectivity index (χ1v) is 11.2. The summed E-state index contributed by atoms with van der Waals surface area (Å²) in [5, 5.41) is 3.08. The van der Waals surface area contributed by atoms with Crippen LogP contribution in [0.3, 0.4) is 0 Å². The number of carbonyl (C=O) groups excluding carboxylic acids is 1. The summed E-state index contributed by atoms with van der Waals surface area (Å²) in [6.45, 7) is 3.44. The first-order valence-electron chi connectivity index (χ1n) is 9.36. The van der Waals surface area contributed by atoms with Gasteiger partial charge in [-0.25, -0.2) is 13.1 Å². The van der Waals surface area contributed by atoms with Crippen molar-refractivity contribution in [3.05, 3.63) is 94.8 Å². The number of aromatic nitrogens is 1. The van der Waals surface area contributed by atoms with Gasteiger partial charge >= 0.3 is 0 Å². The van der Waals surface area contributed by atoms with Crippen LogP contribution in [0.4, 0.5) is 0 Å². The maximum Gasteiger partial charge on any atom is 0.253 e. The third-order valence-electron chi connectivity index (χ3n) is 4.28. The van der Waals surface area contributed by atoms with E-state index in [9.17, 15) is 13.2 Å². The minimum Gasteiger partial charge on any atom is -0.339 e. The van der Waals surface area contributed by atoms with Crippen molar-refractivity contribution in [2.45, 2.75) is 30.8 Å². The highest BCUT2D eigenvalue weighted by molar-refractivity contribution is 7.89. The van der Waals surface area contributed by atoms with E-state index in [1.807, 2.05) is 42.5 Å². The van der Waals surface area contributed by atoms with Gasteiger partial charge in [-0.3, -0.25) is 9.78 Å². The zero-order valence-electron chi connectivity index (χ0n) is 16.5. The number of halogens is 1. The van der Waals surface area contributed by atoms with Gasteiger partial charge in [-0.2, -0.15) is 0 Å². The molecule has 2 aromatic carbocycles. The second-order valence-electron chi connectivity index (χ2n) is 6.99. The van der Waals surface area contributed by atoms with Crippen LogP contribution in [0.5, 0.6) is 0 Å². The lowest BCUT2D eigenvalue weighted by Gasteiger charge is -2.19. The number of amides is 1. The average Bonchev–Trinajstić information content (AvgIpc) is 2.72. The lowest BCUT2D eigenvalue weighted by atomic mass is 10.0. The van der Waals surface area contributed by atoms with Gasteiger partial charge in [0.15, 0.2) is 0 Å². The minimum absolute atomic E-state index is 0.0279. The lowest BCUT2D eigenvalue weighted by Crippen LogP contribution is -2.32. The fourth-order valence-corrected chi connectivity index (χ4v) is 4.43. The molecule has 0 fully saturated rings. The van der Waals surface area contributed by atoms with Gasteiger partial charge in [-0.1, -0.05) is 48.0 Å². The Morgan fingerprint density at radius 1 is 1.00 bits per heavy atom. The molecule has 156 valence electrons. The Morgan fingerprint density at radius 2 is 1.70 bits per heavy atom. The summed E-state index contributed by atoms with van der Waals surface area (Å²) in [6.07, 6.45) is 1.65. The average molecular weight is 444 g/mol. The number of nitrogens with one attached hydrogen (secondary N) is 2. The molecule has 0 aliphatic heterocycles. The summed E-state index contributed by atoms with van der Waals surface area (Å²) in [5.74, 6) is -0.499. The van der Waals surface area contributed by atoms with Crippen LogP contribution in [0.25, 0.3) is 0 Å². The SMILES string of the molecule is CC(C)NS(=O)(=O)c1ccc(Cl)c(C(=O)NC(c2ccccc2)c2ccccn2)c1. The third kappa shape index (κ3) is 5.24. The predicted octanol–water partition coefficient (Wildman–Crippen LogP) is 3.94. The van der Waals surface area contributed by atoms with E-state index in [0.717, 1.165) is 5.56 Å². The highest BCUT2D eigenvalue weighted by atomic mass is 35.5.